The van der Waals surface area contributed by atoms with Gasteiger partial charge in [0.15, 0.2) is 0 Å². The van der Waals surface area contributed by atoms with Crippen molar-refractivity contribution in [2.75, 3.05) is 0 Å². The third kappa shape index (κ3) is 3.38. The van der Waals surface area contributed by atoms with E-state index in [0.717, 1.165) is 19.3 Å². The molecular weight excluding hydrogens is 336 g/mol. The van der Waals surface area contributed by atoms with Gasteiger partial charge in [-0.15, -0.1) is 0 Å². The number of fused-ring (bicyclic) bond motifs is 3. The van der Waals surface area contributed by atoms with E-state index in [2.05, 4.69) is 56.3 Å². The number of rotatable bonds is 5. The first kappa shape index (κ1) is 18.5. The molecule has 0 spiro atoms. The molecule has 27 heavy (non-hydrogen) atoms. The summed E-state index contributed by atoms with van der Waals surface area (Å²) in [7, 11) is 0. The van der Waals surface area contributed by atoms with Crippen LogP contribution in [0.2, 0.25) is 0 Å². The van der Waals surface area contributed by atoms with Crippen molar-refractivity contribution in [1.82, 2.24) is 0 Å². The number of esters is 1. The summed E-state index contributed by atoms with van der Waals surface area (Å²) < 4.78 is 5.99. The van der Waals surface area contributed by atoms with Crippen LogP contribution < -0.4 is 0 Å². The lowest BCUT2D eigenvalue weighted by atomic mass is 9.45. The van der Waals surface area contributed by atoms with Gasteiger partial charge < -0.3 is 9.84 Å². The van der Waals surface area contributed by atoms with Gasteiger partial charge in [0, 0.05) is 11.8 Å². The molecule has 0 saturated heterocycles. The second-order valence-corrected chi connectivity index (χ2v) is 9.21. The van der Waals surface area contributed by atoms with E-state index in [0.29, 0.717) is 17.8 Å². The van der Waals surface area contributed by atoms with E-state index >= 15 is 0 Å². The van der Waals surface area contributed by atoms with Crippen LogP contribution in [0.15, 0.2) is 42.5 Å². The van der Waals surface area contributed by atoms with E-state index in [9.17, 15) is 9.90 Å². The first-order valence-electron chi connectivity index (χ1n) is 10.2. The van der Waals surface area contributed by atoms with Crippen LogP contribution in [0.25, 0.3) is 10.8 Å². The van der Waals surface area contributed by atoms with E-state index in [1.165, 1.54) is 16.3 Å². The fraction of sp³-hybridized carbons (Fsp3) is 0.542. The van der Waals surface area contributed by atoms with E-state index < -0.39 is 6.10 Å². The van der Waals surface area contributed by atoms with E-state index in [-0.39, 0.29) is 23.9 Å². The van der Waals surface area contributed by atoms with Crippen molar-refractivity contribution >= 4 is 16.7 Å². The molecular formula is C24H30O3. The Morgan fingerprint density at radius 2 is 1.93 bits per heavy atom. The van der Waals surface area contributed by atoms with Crippen molar-refractivity contribution in [3.63, 3.8) is 0 Å². The first-order valence-corrected chi connectivity index (χ1v) is 10.2. The van der Waals surface area contributed by atoms with Gasteiger partial charge >= 0.3 is 5.97 Å². The largest absolute Gasteiger partial charge is 0.462 e. The number of aliphatic hydroxyl groups is 1. The third-order valence-electron chi connectivity index (χ3n) is 7.09. The summed E-state index contributed by atoms with van der Waals surface area (Å²) in [5, 5.41) is 12.1. The van der Waals surface area contributed by atoms with Gasteiger partial charge in [0.2, 0.25) is 0 Å². The quantitative estimate of drug-likeness (QED) is 0.777. The molecule has 2 bridgehead atoms. The Morgan fingerprint density at radius 1 is 1.19 bits per heavy atom. The normalized spacial score (nSPS) is 29.8. The average molecular weight is 367 g/mol. The number of hydrogen-bond donors (Lipinski definition) is 1. The molecule has 3 fully saturated rings. The minimum atomic E-state index is -0.653. The lowest BCUT2D eigenvalue weighted by Gasteiger charge is -2.61. The Morgan fingerprint density at radius 3 is 2.67 bits per heavy atom. The summed E-state index contributed by atoms with van der Waals surface area (Å²) >= 11 is 0. The summed E-state index contributed by atoms with van der Waals surface area (Å²) in [6.45, 7) is 6.27. The minimum Gasteiger partial charge on any atom is -0.462 e. The molecule has 3 aliphatic rings. The van der Waals surface area contributed by atoms with Crippen LogP contribution in [-0.4, -0.2) is 23.3 Å². The van der Waals surface area contributed by atoms with Crippen LogP contribution >= 0.6 is 0 Å². The Labute approximate surface area is 161 Å². The maximum atomic E-state index is 12.3. The molecule has 0 aliphatic heterocycles. The monoisotopic (exact) mass is 366 g/mol. The van der Waals surface area contributed by atoms with Gasteiger partial charge in [-0.3, -0.25) is 4.79 Å². The van der Waals surface area contributed by atoms with Crippen LogP contribution in [0.5, 0.6) is 0 Å². The minimum absolute atomic E-state index is 0.0461. The molecule has 0 radical (unpaired) electrons. The zero-order valence-corrected chi connectivity index (χ0v) is 16.5. The van der Waals surface area contributed by atoms with Gasteiger partial charge in [-0.05, 0) is 53.9 Å². The Kier molecular flexibility index (Phi) is 4.75. The lowest BCUT2D eigenvalue weighted by molar-refractivity contribution is -0.199. The van der Waals surface area contributed by atoms with Gasteiger partial charge in [0.1, 0.15) is 6.10 Å². The molecule has 144 valence electrons. The molecule has 0 heterocycles. The second kappa shape index (κ2) is 6.94. The molecule has 3 heteroatoms. The summed E-state index contributed by atoms with van der Waals surface area (Å²) in [5.74, 6) is 1.23. The zero-order chi connectivity index (χ0) is 19.2. The first-order chi connectivity index (χ1) is 12.9. The number of aliphatic hydroxyl groups excluding tert-OH is 1. The third-order valence-corrected chi connectivity index (χ3v) is 7.09. The van der Waals surface area contributed by atoms with E-state index in [1.54, 1.807) is 6.92 Å². The molecule has 2 aromatic carbocycles. The Balaban J connectivity index is 1.59. The van der Waals surface area contributed by atoms with Crippen LogP contribution in [0, 0.1) is 23.2 Å². The van der Waals surface area contributed by atoms with Crippen LogP contribution in [0.1, 0.15) is 45.6 Å². The number of carbonyl (C=O) groups excluding carboxylic acids is 1. The van der Waals surface area contributed by atoms with Gasteiger partial charge in [-0.1, -0.05) is 56.3 Å². The number of ether oxygens (including phenoxy) is 1. The highest BCUT2D eigenvalue weighted by atomic mass is 16.5. The molecule has 0 amide bonds. The summed E-state index contributed by atoms with van der Waals surface area (Å²) in [4.78, 5) is 12.3. The highest BCUT2D eigenvalue weighted by molar-refractivity contribution is 5.85. The predicted octanol–water partition coefficient (Wildman–Crippen LogP) is 4.75. The number of hydrogen-bond acceptors (Lipinski definition) is 3. The summed E-state index contributed by atoms with van der Waals surface area (Å²) in [6, 6.07) is 15.0. The van der Waals surface area contributed by atoms with Crippen molar-refractivity contribution in [2.45, 2.75) is 58.7 Å². The fourth-order valence-corrected chi connectivity index (χ4v) is 5.41. The van der Waals surface area contributed by atoms with Crippen molar-refractivity contribution in [2.24, 2.45) is 23.2 Å². The van der Waals surface area contributed by atoms with Gasteiger partial charge in [-0.25, -0.2) is 0 Å². The van der Waals surface area contributed by atoms with Crippen molar-refractivity contribution in [1.29, 1.82) is 0 Å². The highest BCUT2D eigenvalue weighted by Crippen LogP contribution is 2.62. The standard InChI is InChI=1S/C24H30O3/c1-15(25)11-22(26)27-23-18(13-19-14-21(23)24(19,2)3)12-17-9-6-8-16-7-4-5-10-20(16)17/h4-10,15,18-19,21,23,25H,11-14H2,1-3H3/t15-,18+,19-,21-,23+/m0/s1. The molecule has 5 atom stereocenters. The van der Waals surface area contributed by atoms with Crippen molar-refractivity contribution < 1.29 is 14.6 Å². The SMILES string of the molecule is C[C@H](O)CC(=O)O[C@@H]1[C@H](Cc2cccc3ccccc23)C[C@H]2C[C@@H]1C2(C)C. The van der Waals surface area contributed by atoms with Gasteiger partial charge in [0.25, 0.3) is 0 Å². The number of benzene rings is 2. The van der Waals surface area contributed by atoms with Crippen molar-refractivity contribution in [3.8, 4) is 0 Å². The van der Waals surface area contributed by atoms with Gasteiger partial charge in [0.05, 0.1) is 12.5 Å². The molecule has 3 nitrogen and oxygen atoms in total. The topological polar surface area (TPSA) is 46.5 Å². The molecule has 1 N–H and O–H groups in total. The molecule has 3 aliphatic carbocycles. The van der Waals surface area contributed by atoms with E-state index in [1.807, 2.05) is 0 Å². The maximum absolute atomic E-state index is 12.3. The summed E-state index contributed by atoms with van der Waals surface area (Å²) in [6.07, 6.45) is 2.59. The van der Waals surface area contributed by atoms with E-state index in [4.69, 9.17) is 4.74 Å². The molecule has 3 saturated carbocycles. The number of carbonyl (C=O) groups is 1. The van der Waals surface area contributed by atoms with Gasteiger partial charge in [-0.2, -0.15) is 0 Å². The Hall–Kier alpha value is -1.87. The van der Waals surface area contributed by atoms with Crippen LogP contribution in [0.4, 0.5) is 0 Å². The molecule has 0 unspecified atom stereocenters. The van der Waals surface area contributed by atoms with Crippen LogP contribution in [-0.2, 0) is 16.0 Å². The molecule has 2 aromatic rings. The predicted molar refractivity (Wildman–Crippen MR) is 107 cm³/mol. The van der Waals surface area contributed by atoms with Crippen LogP contribution in [0.3, 0.4) is 0 Å². The smallest absolute Gasteiger partial charge is 0.308 e. The Bertz CT molecular complexity index is 833. The zero-order valence-electron chi connectivity index (χ0n) is 16.5. The maximum Gasteiger partial charge on any atom is 0.308 e. The lowest BCUT2D eigenvalue weighted by Crippen LogP contribution is -2.59. The summed E-state index contributed by atoms with van der Waals surface area (Å²) in [5.41, 5.74) is 1.58. The fourth-order valence-electron chi connectivity index (χ4n) is 5.41. The average Bonchev–Trinajstić information content (AvgIpc) is 2.62. The van der Waals surface area contributed by atoms with Crippen molar-refractivity contribution in [3.05, 3.63) is 48.0 Å². The highest BCUT2D eigenvalue weighted by Gasteiger charge is 2.59. The molecule has 0 aromatic heterocycles. The molecule has 5 rings (SSSR count). The second-order valence-electron chi connectivity index (χ2n) is 9.21.